The first-order valence-electron chi connectivity index (χ1n) is 7.35. The lowest BCUT2D eigenvalue weighted by atomic mass is 9.90. The van der Waals surface area contributed by atoms with Gasteiger partial charge in [0.15, 0.2) is 0 Å². The Bertz CT molecular complexity index is 510. The molecule has 0 bridgehead atoms. The lowest BCUT2D eigenvalue weighted by molar-refractivity contribution is 0.350. The molecule has 1 aliphatic carbocycles. The summed E-state index contributed by atoms with van der Waals surface area (Å²) in [6, 6.07) is 5.42. The molecule has 1 heterocycles. The van der Waals surface area contributed by atoms with E-state index >= 15 is 0 Å². The van der Waals surface area contributed by atoms with Crippen LogP contribution in [0.1, 0.15) is 42.5 Å². The molecule has 0 saturated heterocycles. The number of pyridine rings is 1. The Balaban J connectivity index is 2.22. The molecule has 0 amide bonds. The lowest BCUT2D eigenvalue weighted by Gasteiger charge is -2.35. The van der Waals surface area contributed by atoms with Gasteiger partial charge in [-0.2, -0.15) is 5.26 Å². The van der Waals surface area contributed by atoms with Crippen molar-refractivity contribution in [2.24, 2.45) is 0 Å². The zero-order valence-electron chi connectivity index (χ0n) is 12.9. The molecule has 0 atom stereocenters. The Kier molecular flexibility index (Phi) is 4.61. The monoisotopic (exact) mass is 272 g/mol. The van der Waals surface area contributed by atoms with E-state index in [-0.39, 0.29) is 0 Å². The second kappa shape index (κ2) is 6.23. The Hall–Kier alpha value is -1.60. The van der Waals surface area contributed by atoms with Crippen molar-refractivity contribution in [3.05, 3.63) is 22.9 Å². The molecular formula is C16H24N4. The maximum atomic E-state index is 9.39. The molecule has 4 heteroatoms. The number of anilines is 1. The first-order valence-corrected chi connectivity index (χ1v) is 7.35. The van der Waals surface area contributed by atoms with Gasteiger partial charge in [-0.15, -0.1) is 0 Å². The number of hydrogen-bond acceptors (Lipinski definition) is 4. The molecule has 0 aromatic carbocycles. The van der Waals surface area contributed by atoms with Gasteiger partial charge >= 0.3 is 0 Å². The SMILES string of the molecule is CNC1CCC(N(C)c2nc(C)cc(C)c2C#N)CC1. The summed E-state index contributed by atoms with van der Waals surface area (Å²) in [5.41, 5.74) is 2.71. The molecule has 108 valence electrons. The second-order valence-corrected chi connectivity index (χ2v) is 5.80. The highest BCUT2D eigenvalue weighted by atomic mass is 15.2. The van der Waals surface area contributed by atoms with Crippen LogP contribution >= 0.6 is 0 Å². The van der Waals surface area contributed by atoms with E-state index < -0.39 is 0 Å². The fourth-order valence-electron chi connectivity index (χ4n) is 3.14. The summed E-state index contributed by atoms with van der Waals surface area (Å²) in [7, 11) is 4.11. The largest absolute Gasteiger partial charge is 0.356 e. The summed E-state index contributed by atoms with van der Waals surface area (Å²) in [4.78, 5) is 6.82. The molecule has 4 nitrogen and oxygen atoms in total. The van der Waals surface area contributed by atoms with E-state index in [4.69, 9.17) is 0 Å². The predicted octanol–water partition coefficient (Wildman–Crippen LogP) is 2.54. The number of aromatic nitrogens is 1. The average molecular weight is 272 g/mol. The van der Waals surface area contributed by atoms with Gasteiger partial charge in [-0.05, 0) is 58.2 Å². The van der Waals surface area contributed by atoms with Crippen molar-refractivity contribution < 1.29 is 0 Å². The third-order valence-electron chi connectivity index (χ3n) is 4.42. The lowest BCUT2D eigenvalue weighted by Crippen LogP contribution is -2.40. The molecule has 20 heavy (non-hydrogen) atoms. The molecule has 0 aliphatic heterocycles. The van der Waals surface area contributed by atoms with Crippen molar-refractivity contribution in [1.29, 1.82) is 5.26 Å². The average Bonchev–Trinajstić information content (AvgIpc) is 2.46. The van der Waals surface area contributed by atoms with Crippen molar-refractivity contribution in [1.82, 2.24) is 10.3 Å². The number of nitriles is 1. The number of aryl methyl sites for hydroxylation is 2. The van der Waals surface area contributed by atoms with Gasteiger partial charge in [-0.1, -0.05) is 0 Å². The smallest absolute Gasteiger partial charge is 0.147 e. The molecule has 1 N–H and O–H groups in total. The van der Waals surface area contributed by atoms with Crippen molar-refractivity contribution in [2.75, 3.05) is 19.0 Å². The van der Waals surface area contributed by atoms with Crippen molar-refractivity contribution in [3.63, 3.8) is 0 Å². The van der Waals surface area contributed by atoms with Crippen LogP contribution < -0.4 is 10.2 Å². The Morgan fingerprint density at radius 1 is 1.30 bits per heavy atom. The third kappa shape index (κ3) is 2.94. The number of rotatable bonds is 3. The van der Waals surface area contributed by atoms with E-state index in [9.17, 15) is 5.26 Å². The quantitative estimate of drug-likeness (QED) is 0.918. The van der Waals surface area contributed by atoms with Gasteiger partial charge in [0.2, 0.25) is 0 Å². The zero-order valence-corrected chi connectivity index (χ0v) is 12.9. The minimum Gasteiger partial charge on any atom is -0.356 e. The first-order chi connectivity index (χ1) is 9.56. The van der Waals surface area contributed by atoms with Gasteiger partial charge in [0.25, 0.3) is 0 Å². The van der Waals surface area contributed by atoms with E-state index in [0.29, 0.717) is 17.6 Å². The number of nitrogens with one attached hydrogen (secondary N) is 1. The molecule has 1 fully saturated rings. The minimum absolute atomic E-state index is 0.486. The fraction of sp³-hybridized carbons (Fsp3) is 0.625. The fourth-order valence-corrected chi connectivity index (χ4v) is 3.14. The van der Waals surface area contributed by atoms with E-state index in [2.05, 4.69) is 28.3 Å². The molecule has 0 spiro atoms. The molecule has 0 radical (unpaired) electrons. The van der Waals surface area contributed by atoms with Crippen LogP contribution in [0.25, 0.3) is 0 Å². The van der Waals surface area contributed by atoms with Gasteiger partial charge in [-0.3, -0.25) is 0 Å². The predicted molar refractivity (Wildman–Crippen MR) is 81.9 cm³/mol. The Labute approximate surface area is 121 Å². The zero-order chi connectivity index (χ0) is 14.7. The molecular weight excluding hydrogens is 248 g/mol. The normalized spacial score (nSPS) is 22.4. The van der Waals surface area contributed by atoms with Crippen LogP contribution in [-0.2, 0) is 0 Å². The molecule has 1 aromatic rings. The summed E-state index contributed by atoms with van der Waals surface area (Å²) in [5.74, 6) is 0.845. The van der Waals surface area contributed by atoms with Crippen LogP contribution in [0.4, 0.5) is 5.82 Å². The highest BCUT2D eigenvalue weighted by Gasteiger charge is 2.25. The van der Waals surface area contributed by atoms with Gasteiger partial charge in [0.05, 0.1) is 5.56 Å². The highest BCUT2D eigenvalue weighted by Crippen LogP contribution is 2.28. The van der Waals surface area contributed by atoms with E-state index in [1.165, 1.54) is 12.8 Å². The highest BCUT2D eigenvalue weighted by molar-refractivity contribution is 5.58. The van der Waals surface area contributed by atoms with Crippen molar-refractivity contribution in [2.45, 2.75) is 51.6 Å². The van der Waals surface area contributed by atoms with Crippen LogP contribution in [-0.4, -0.2) is 31.2 Å². The van der Waals surface area contributed by atoms with Crippen LogP contribution in [0.2, 0.25) is 0 Å². The molecule has 0 unspecified atom stereocenters. The Morgan fingerprint density at radius 3 is 2.50 bits per heavy atom. The van der Waals surface area contributed by atoms with Crippen LogP contribution in [0.15, 0.2) is 6.07 Å². The van der Waals surface area contributed by atoms with E-state index in [1.807, 2.05) is 27.0 Å². The van der Waals surface area contributed by atoms with E-state index in [1.54, 1.807) is 0 Å². The third-order valence-corrected chi connectivity index (χ3v) is 4.42. The first kappa shape index (κ1) is 14.8. The van der Waals surface area contributed by atoms with Crippen LogP contribution in [0.5, 0.6) is 0 Å². The van der Waals surface area contributed by atoms with Gasteiger partial charge in [0, 0.05) is 24.8 Å². The molecule has 2 rings (SSSR count). The van der Waals surface area contributed by atoms with Crippen molar-refractivity contribution >= 4 is 5.82 Å². The minimum atomic E-state index is 0.486. The van der Waals surface area contributed by atoms with Gasteiger partial charge in [-0.25, -0.2) is 4.98 Å². The van der Waals surface area contributed by atoms with Crippen LogP contribution in [0.3, 0.4) is 0 Å². The van der Waals surface area contributed by atoms with Crippen molar-refractivity contribution in [3.8, 4) is 6.07 Å². The van der Waals surface area contributed by atoms with Gasteiger partial charge in [0.1, 0.15) is 11.9 Å². The van der Waals surface area contributed by atoms with Crippen LogP contribution in [0, 0.1) is 25.2 Å². The second-order valence-electron chi connectivity index (χ2n) is 5.80. The Morgan fingerprint density at radius 2 is 1.95 bits per heavy atom. The van der Waals surface area contributed by atoms with E-state index in [0.717, 1.165) is 29.9 Å². The number of nitrogens with zero attached hydrogens (tertiary/aromatic N) is 3. The molecule has 1 aliphatic rings. The molecule has 1 aromatic heterocycles. The summed E-state index contributed by atoms with van der Waals surface area (Å²) >= 11 is 0. The molecule has 1 saturated carbocycles. The topological polar surface area (TPSA) is 52.0 Å². The van der Waals surface area contributed by atoms with Gasteiger partial charge < -0.3 is 10.2 Å². The standard InChI is InChI=1S/C16H24N4/c1-11-9-12(2)19-16(15(11)10-17)20(4)14-7-5-13(18-3)6-8-14/h9,13-14,18H,5-8H2,1-4H3. The summed E-state index contributed by atoms with van der Waals surface area (Å²) in [5, 5.41) is 12.7. The number of hydrogen-bond donors (Lipinski definition) is 1. The summed E-state index contributed by atoms with van der Waals surface area (Å²) in [6.07, 6.45) is 4.69. The maximum absolute atomic E-state index is 9.39. The maximum Gasteiger partial charge on any atom is 0.147 e. The summed E-state index contributed by atoms with van der Waals surface area (Å²) < 4.78 is 0. The summed E-state index contributed by atoms with van der Waals surface area (Å²) in [6.45, 7) is 3.98.